The lowest BCUT2D eigenvalue weighted by Crippen LogP contribution is -2.46. The number of hydrogen-bond acceptors (Lipinski definition) is 8. The van der Waals surface area contributed by atoms with Crippen LogP contribution in [0.2, 0.25) is 0 Å². The monoisotopic (exact) mass is 524 g/mol. The third kappa shape index (κ3) is 4.98. The van der Waals surface area contributed by atoms with E-state index in [1.165, 1.54) is 38.7 Å². The van der Waals surface area contributed by atoms with E-state index in [1.807, 2.05) is 6.92 Å². The van der Waals surface area contributed by atoms with Crippen LogP contribution in [0, 0.1) is 11.6 Å². The summed E-state index contributed by atoms with van der Waals surface area (Å²) < 4.78 is 40.2. The first kappa shape index (κ1) is 26.5. The molecule has 0 unspecified atom stereocenters. The Hall–Kier alpha value is -4.58. The van der Waals surface area contributed by atoms with Crippen LogP contribution in [0.5, 0.6) is 5.75 Å². The third-order valence-electron chi connectivity index (χ3n) is 5.99. The molecule has 0 spiro atoms. The molecular formula is C26H26F2N6O4. The predicted molar refractivity (Wildman–Crippen MR) is 136 cm³/mol. The quantitative estimate of drug-likeness (QED) is 0.284. The van der Waals surface area contributed by atoms with Gasteiger partial charge in [-0.1, -0.05) is 6.92 Å². The Morgan fingerprint density at radius 3 is 2.61 bits per heavy atom. The molecule has 0 bridgehead atoms. The third-order valence-corrected chi connectivity index (χ3v) is 5.99. The van der Waals surface area contributed by atoms with Gasteiger partial charge in [-0.15, -0.1) is 0 Å². The van der Waals surface area contributed by atoms with Crippen LogP contribution in [-0.2, 0) is 16.0 Å². The number of aryl methyl sites for hydroxylation is 1. The van der Waals surface area contributed by atoms with Crippen molar-refractivity contribution in [2.45, 2.75) is 19.4 Å². The lowest BCUT2D eigenvalue weighted by molar-refractivity contribution is -0.142. The topological polar surface area (TPSA) is 133 Å². The first-order valence-corrected chi connectivity index (χ1v) is 11.7. The van der Waals surface area contributed by atoms with E-state index >= 15 is 0 Å². The van der Waals surface area contributed by atoms with Gasteiger partial charge < -0.3 is 25.8 Å². The van der Waals surface area contributed by atoms with Crippen molar-refractivity contribution < 1.29 is 27.8 Å². The minimum Gasteiger partial charge on any atom is -0.494 e. The maximum absolute atomic E-state index is 14.7. The van der Waals surface area contributed by atoms with Gasteiger partial charge in [0.2, 0.25) is 5.82 Å². The first-order chi connectivity index (χ1) is 18.3. The van der Waals surface area contributed by atoms with Gasteiger partial charge in [-0.2, -0.15) is 4.39 Å². The number of benzene rings is 2. The summed E-state index contributed by atoms with van der Waals surface area (Å²) in [5.41, 5.74) is 8.01. The molecule has 38 heavy (non-hydrogen) atoms. The van der Waals surface area contributed by atoms with Gasteiger partial charge in [-0.25, -0.2) is 19.2 Å². The minimum atomic E-state index is -1.09. The van der Waals surface area contributed by atoms with E-state index < -0.39 is 29.6 Å². The fraction of sp³-hybridized carbons (Fsp3) is 0.231. The summed E-state index contributed by atoms with van der Waals surface area (Å²) in [5.74, 6) is -3.07. The number of aromatic nitrogens is 3. The highest BCUT2D eigenvalue weighted by atomic mass is 19.2. The van der Waals surface area contributed by atoms with Gasteiger partial charge in [0.1, 0.15) is 6.04 Å². The normalized spacial score (nSPS) is 11.7. The number of fused-ring (bicyclic) bond motifs is 1. The van der Waals surface area contributed by atoms with Crippen LogP contribution in [0.25, 0.3) is 16.9 Å². The number of ether oxygens (including phenoxy) is 2. The molecule has 198 valence electrons. The fourth-order valence-corrected chi connectivity index (χ4v) is 4.01. The predicted octanol–water partition coefficient (Wildman–Crippen LogP) is 3.22. The van der Waals surface area contributed by atoms with E-state index in [-0.39, 0.29) is 17.9 Å². The number of nitrogens with two attached hydrogens (primary N) is 1. The zero-order valence-electron chi connectivity index (χ0n) is 20.9. The van der Waals surface area contributed by atoms with Gasteiger partial charge >= 0.3 is 5.97 Å². The van der Waals surface area contributed by atoms with Gasteiger partial charge in [-0.3, -0.25) is 9.20 Å². The van der Waals surface area contributed by atoms with Gasteiger partial charge in [0.05, 0.1) is 26.1 Å². The number of carbonyl (C=O) groups is 2. The summed E-state index contributed by atoms with van der Waals surface area (Å²) in [6.45, 7) is 1.79. The van der Waals surface area contributed by atoms with Crippen LogP contribution in [-0.4, -0.2) is 53.1 Å². The number of nitrogens with one attached hydrogen (secondary N) is 2. The van der Waals surface area contributed by atoms with Crippen molar-refractivity contribution in [2.24, 2.45) is 5.73 Å². The smallest absolute Gasteiger partial charge is 0.329 e. The van der Waals surface area contributed by atoms with Gasteiger partial charge in [0.25, 0.3) is 5.91 Å². The number of imidazole rings is 1. The van der Waals surface area contributed by atoms with Crippen LogP contribution >= 0.6 is 0 Å². The number of halogens is 2. The number of rotatable bonds is 9. The molecule has 4 N–H and O–H groups in total. The summed E-state index contributed by atoms with van der Waals surface area (Å²) >= 11 is 0. The lowest BCUT2D eigenvalue weighted by atomic mass is 10.0. The second-order valence-corrected chi connectivity index (χ2v) is 8.19. The molecule has 12 heteroatoms. The Morgan fingerprint density at radius 1 is 1.13 bits per heavy atom. The van der Waals surface area contributed by atoms with E-state index in [0.717, 1.165) is 0 Å². The average molecular weight is 525 g/mol. The standard InChI is InChI=1S/C26H26F2N6O4/c1-4-14-11-15(5-6-16(14)25(35)33-18(12-29)26(36)38-3)32-23-24-31-13-19(34(24)10-9-30-23)17-7-8-20(37-2)22(28)21(17)27/h5-11,13,18H,4,12,29H2,1-3H3,(H,30,32)(H,33,35)/t18-/m0/s1. The summed E-state index contributed by atoms with van der Waals surface area (Å²) in [6.07, 6.45) is 5.04. The highest BCUT2D eigenvalue weighted by Gasteiger charge is 2.22. The van der Waals surface area contributed by atoms with Gasteiger partial charge in [0.15, 0.2) is 23.0 Å². The first-order valence-electron chi connectivity index (χ1n) is 11.7. The van der Waals surface area contributed by atoms with Crippen molar-refractivity contribution in [3.05, 3.63) is 71.7 Å². The van der Waals surface area contributed by atoms with E-state index in [9.17, 15) is 18.4 Å². The second-order valence-electron chi connectivity index (χ2n) is 8.19. The van der Waals surface area contributed by atoms with Crippen molar-refractivity contribution in [1.29, 1.82) is 0 Å². The molecule has 4 rings (SSSR count). The van der Waals surface area contributed by atoms with Crippen LogP contribution in [0.15, 0.2) is 48.9 Å². The molecule has 2 aromatic heterocycles. The Morgan fingerprint density at radius 2 is 1.92 bits per heavy atom. The highest BCUT2D eigenvalue weighted by molar-refractivity contribution is 5.98. The molecule has 4 aromatic rings. The SMILES string of the molecule is CCc1cc(Nc2nccn3c(-c4ccc(OC)c(F)c4F)cnc23)ccc1C(=O)N[C@@H](CN)C(=O)OC. The van der Waals surface area contributed by atoms with Gasteiger partial charge in [0, 0.05) is 35.8 Å². The second kappa shape index (κ2) is 11.2. The Bertz CT molecular complexity index is 1510. The number of amides is 1. The molecule has 0 radical (unpaired) electrons. The molecule has 1 amide bonds. The van der Waals surface area contributed by atoms with Crippen LogP contribution in [0.4, 0.5) is 20.3 Å². The molecule has 0 saturated carbocycles. The van der Waals surface area contributed by atoms with E-state index in [4.69, 9.17) is 10.5 Å². The number of carbonyl (C=O) groups excluding carboxylic acids is 2. The number of esters is 1. The largest absolute Gasteiger partial charge is 0.494 e. The Balaban J connectivity index is 1.63. The van der Waals surface area contributed by atoms with Crippen molar-refractivity contribution in [3.8, 4) is 17.0 Å². The summed E-state index contributed by atoms with van der Waals surface area (Å²) in [6, 6.07) is 6.87. The summed E-state index contributed by atoms with van der Waals surface area (Å²) in [4.78, 5) is 33.3. The van der Waals surface area contributed by atoms with E-state index in [0.29, 0.717) is 40.4 Å². The number of methoxy groups -OCH3 is 2. The average Bonchev–Trinajstić information content (AvgIpc) is 3.37. The molecule has 10 nitrogen and oxygen atoms in total. The molecule has 0 aliphatic heterocycles. The Kier molecular flexibility index (Phi) is 7.82. The molecular weight excluding hydrogens is 498 g/mol. The zero-order chi connectivity index (χ0) is 27.4. The van der Waals surface area contributed by atoms with Crippen LogP contribution in [0.3, 0.4) is 0 Å². The van der Waals surface area contributed by atoms with Crippen molar-refractivity contribution in [2.75, 3.05) is 26.1 Å². The molecule has 0 saturated heterocycles. The number of nitrogens with zero attached hydrogens (tertiary/aromatic N) is 3. The molecule has 0 aliphatic carbocycles. The van der Waals surface area contributed by atoms with Crippen molar-refractivity contribution >= 4 is 29.0 Å². The van der Waals surface area contributed by atoms with Gasteiger partial charge in [-0.05, 0) is 42.3 Å². The summed E-state index contributed by atoms with van der Waals surface area (Å²) in [5, 5.41) is 5.75. The van der Waals surface area contributed by atoms with Crippen molar-refractivity contribution in [1.82, 2.24) is 19.7 Å². The maximum Gasteiger partial charge on any atom is 0.329 e. The molecule has 2 aromatic carbocycles. The lowest BCUT2D eigenvalue weighted by Gasteiger charge is -2.16. The molecule has 2 heterocycles. The number of anilines is 2. The Labute approximate surface area is 216 Å². The molecule has 0 fully saturated rings. The maximum atomic E-state index is 14.7. The van der Waals surface area contributed by atoms with Crippen LogP contribution in [0.1, 0.15) is 22.8 Å². The molecule has 1 atom stereocenters. The fourth-order valence-electron chi connectivity index (χ4n) is 4.01. The van der Waals surface area contributed by atoms with E-state index in [1.54, 1.807) is 28.8 Å². The highest BCUT2D eigenvalue weighted by Crippen LogP contribution is 2.31. The molecule has 0 aliphatic rings. The zero-order valence-corrected chi connectivity index (χ0v) is 20.9. The summed E-state index contributed by atoms with van der Waals surface area (Å²) in [7, 11) is 2.48. The van der Waals surface area contributed by atoms with E-state index in [2.05, 4.69) is 25.3 Å². The van der Waals surface area contributed by atoms with Crippen LogP contribution < -0.4 is 21.1 Å². The van der Waals surface area contributed by atoms with Crippen molar-refractivity contribution in [3.63, 3.8) is 0 Å². The number of hydrogen-bond donors (Lipinski definition) is 3. The minimum absolute atomic E-state index is 0.0133.